The minimum atomic E-state index is -6.28. The van der Waals surface area contributed by atoms with Crippen molar-refractivity contribution in [1.29, 1.82) is 0 Å². The minimum Gasteiger partial charge on any atom is -0.369 e. The molecular weight excluding hydrogens is 618 g/mol. The maximum atomic E-state index is 14.2. The van der Waals surface area contributed by atoms with E-state index in [2.05, 4.69) is 10.3 Å². The van der Waals surface area contributed by atoms with Crippen molar-refractivity contribution in [2.45, 2.75) is 70.0 Å². The number of nitrogens with one attached hydrogen (secondary N) is 1. The number of carbonyl (C=O) groups is 2. The number of hydrogen-bond acceptors (Lipinski definition) is 7. The molecule has 4 rings (SSSR count). The van der Waals surface area contributed by atoms with Crippen LogP contribution in [0.4, 0.5) is 35.1 Å². The van der Waals surface area contributed by atoms with E-state index < -0.39 is 58.6 Å². The summed E-state index contributed by atoms with van der Waals surface area (Å²) in [5.74, 6) is -1.41. The average molecular weight is 644 g/mol. The lowest BCUT2D eigenvalue weighted by Gasteiger charge is -2.33. The first-order valence-electron chi connectivity index (χ1n) is 12.7. The molecule has 2 amide bonds. The van der Waals surface area contributed by atoms with Crippen LogP contribution in [0.3, 0.4) is 0 Å². The monoisotopic (exact) mass is 643 g/mol. The molecule has 1 aromatic carbocycles. The highest BCUT2D eigenvalue weighted by Crippen LogP contribution is 2.51. The topological polar surface area (TPSA) is 117 Å². The molecule has 1 saturated carbocycles. The summed E-state index contributed by atoms with van der Waals surface area (Å²) in [5.41, 5.74) is -9.69. The highest BCUT2D eigenvalue weighted by Gasteiger charge is 2.71. The fourth-order valence-electron chi connectivity index (χ4n) is 4.54. The molecule has 8 nitrogen and oxygen atoms in total. The van der Waals surface area contributed by atoms with Crippen molar-refractivity contribution >= 4 is 29.3 Å². The molecule has 2 heterocycles. The van der Waals surface area contributed by atoms with E-state index in [1.165, 1.54) is 4.90 Å². The van der Waals surface area contributed by atoms with Gasteiger partial charge >= 0.3 is 18.5 Å². The van der Waals surface area contributed by atoms with Crippen LogP contribution in [-0.2, 0) is 15.2 Å². The lowest BCUT2D eigenvalue weighted by Crippen LogP contribution is -2.54. The van der Waals surface area contributed by atoms with Crippen molar-refractivity contribution in [1.82, 2.24) is 15.2 Å². The van der Waals surface area contributed by atoms with Crippen LogP contribution in [0, 0.1) is 5.41 Å². The van der Waals surface area contributed by atoms with E-state index in [1.807, 2.05) is 6.92 Å². The van der Waals surface area contributed by atoms with Gasteiger partial charge in [-0.05, 0) is 44.1 Å². The Bertz CT molecular complexity index is 1380. The van der Waals surface area contributed by atoms with Gasteiger partial charge in [-0.15, -0.1) is 11.3 Å². The van der Waals surface area contributed by atoms with Crippen LogP contribution >= 0.6 is 11.3 Å². The van der Waals surface area contributed by atoms with Gasteiger partial charge in [0.05, 0.1) is 4.88 Å². The number of hydrogen-bond donors (Lipinski definition) is 2. The molecule has 2 aliphatic rings. The maximum absolute atomic E-state index is 14.2. The third-order valence-electron chi connectivity index (χ3n) is 7.39. The number of halogens is 8. The predicted octanol–water partition coefficient (Wildman–Crippen LogP) is 5.63. The zero-order valence-corrected chi connectivity index (χ0v) is 23.4. The van der Waals surface area contributed by atoms with Crippen molar-refractivity contribution in [3.8, 4) is 10.4 Å². The van der Waals surface area contributed by atoms with Gasteiger partial charge in [-0.3, -0.25) is 9.59 Å². The van der Waals surface area contributed by atoms with Crippen molar-refractivity contribution in [2.24, 2.45) is 5.41 Å². The maximum Gasteiger partial charge on any atom is 0.430 e. The largest absolute Gasteiger partial charge is 0.430 e. The van der Waals surface area contributed by atoms with Gasteiger partial charge in [-0.1, -0.05) is 19.1 Å². The second-order valence-corrected chi connectivity index (χ2v) is 11.6. The molecule has 2 aromatic rings. The van der Waals surface area contributed by atoms with Gasteiger partial charge in [-0.2, -0.15) is 35.9 Å². The number of aliphatic hydroxyl groups is 1. The van der Waals surface area contributed by atoms with Gasteiger partial charge in [0.15, 0.2) is 5.01 Å². The number of aromatic nitrogens is 1. The Kier molecular flexibility index (Phi) is 9.73. The number of alkyl halides is 8. The molecule has 236 valence electrons. The lowest BCUT2D eigenvalue weighted by molar-refractivity contribution is -0.376. The molecule has 2 N–H and O–H groups in total. The first kappa shape index (κ1) is 34.1. The first-order valence-corrected chi connectivity index (χ1v) is 13.5. The highest BCUT2D eigenvalue weighted by atomic mass is 32.1. The Balaban J connectivity index is 0.00000162. The van der Waals surface area contributed by atoms with E-state index in [0.29, 0.717) is 36.8 Å². The van der Waals surface area contributed by atoms with Crippen LogP contribution in [0.1, 0.15) is 77.4 Å². The van der Waals surface area contributed by atoms with Crippen LogP contribution in [0.5, 0.6) is 0 Å². The number of likely N-dealkylation sites (tertiary alicyclic amines) is 1. The van der Waals surface area contributed by atoms with Crippen molar-refractivity contribution in [2.75, 3.05) is 13.1 Å². The Labute approximate surface area is 243 Å². The molecule has 1 atom stereocenters. The molecule has 0 spiro atoms. The number of amides is 2. The van der Waals surface area contributed by atoms with Gasteiger partial charge in [0.2, 0.25) is 0 Å². The number of thiazole rings is 1. The van der Waals surface area contributed by atoms with Crippen LogP contribution in [0.25, 0.3) is 10.4 Å². The third kappa shape index (κ3) is 6.88. The van der Waals surface area contributed by atoms with Gasteiger partial charge in [0, 0.05) is 35.8 Å². The highest BCUT2D eigenvalue weighted by molar-refractivity contribution is 7.17. The summed E-state index contributed by atoms with van der Waals surface area (Å²) in [5, 5.41) is 12.1. The SMILES string of the molecule is C[C@H]1CCCN1C(=O)c1nc(C(=O)NCC2(C)CC2)sc1-c1ccc(C(O)(C(F)(F)F)C(F)(F)F)cc1C(F)F.O=C=O. The molecular formula is C26H25F8N3O5S. The smallest absolute Gasteiger partial charge is 0.369 e. The Morgan fingerprint density at radius 3 is 2.21 bits per heavy atom. The summed E-state index contributed by atoms with van der Waals surface area (Å²) in [6, 6.07) is 0.438. The zero-order chi connectivity index (χ0) is 32.5. The quantitative estimate of drug-likeness (QED) is 0.378. The van der Waals surface area contributed by atoms with E-state index in [4.69, 9.17) is 9.59 Å². The van der Waals surface area contributed by atoms with Crippen molar-refractivity contribution in [3.63, 3.8) is 0 Å². The summed E-state index contributed by atoms with van der Waals surface area (Å²) in [6.45, 7) is 4.28. The van der Waals surface area contributed by atoms with E-state index >= 15 is 0 Å². The molecule has 1 aliphatic heterocycles. The first-order chi connectivity index (χ1) is 19.8. The Morgan fingerprint density at radius 2 is 1.74 bits per heavy atom. The number of nitrogens with zero attached hydrogens (tertiary/aromatic N) is 2. The normalized spacial score (nSPS) is 18.1. The summed E-state index contributed by atoms with van der Waals surface area (Å²) >= 11 is 0.525. The molecule has 43 heavy (non-hydrogen) atoms. The second kappa shape index (κ2) is 12.3. The molecule has 0 bridgehead atoms. The Morgan fingerprint density at radius 1 is 1.16 bits per heavy atom. The molecule has 1 aliphatic carbocycles. The number of carbonyl (C=O) groups excluding carboxylic acids is 4. The summed E-state index contributed by atoms with van der Waals surface area (Å²) in [7, 11) is 0. The molecule has 17 heteroatoms. The fourth-order valence-corrected chi connectivity index (χ4v) is 5.56. The standard InChI is InChI=1S/C25H25F8N3O3S.CO2/c1-12-4-3-9-36(12)21(38)16-17(40-20(35-16)19(37)34-11-22(2)7-8-22)14-6-5-13(10-15(14)18(26)27)23(39,24(28,29)30)25(31,32)33;2-1-3/h5-6,10,12,18,39H,3-4,7-9,11H2,1-2H3,(H,34,37);/t12-;/m0./s1. The number of benzene rings is 1. The van der Waals surface area contributed by atoms with E-state index in [1.54, 1.807) is 6.92 Å². The van der Waals surface area contributed by atoms with Gasteiger partial charge < -0.3 is 15.3 Å². The summed E-state index contributed by atoms with van der Waals surface area (Å²) in [4.78, 5) is 47.7. The molecule has 2 fully saturated rings. The molecule has 1 aromatic heterocycles. The number of rotatable bonds is 7. The third-order valence-corrected chi connectivity index (χ3v) is 8.47. The van der Waals surface area contributed by atoms with Gasteiger partial charge in [0.1, 0.15) is 5.69 Å². The Hall–Kier alpha value is -3.43. The molecule has 0 unspecified atom stereocenters. The van der Waals surface area contributed by atoms with Crippen LogP contribution in [0.2, 0.25) is 0 Å². The van der Waals surface area contributed by atoms with Gasteiger partial charge in [-0.25, -0.2) is 13.8 Å². The van der Waals surface area contributed by atoms with Crippen LogP contribution < -0.4 is 5.32 Å². The van der Waals surface area contributed by atoms with E-state index in [9.17, 15) is 49.8 Å². The van der Waals surface area contributed by atoms with Gasteiger partial charge in [0.25, 0.3) is 23.8 Å². The lowest BCUT2D eigenvalue weighted by atomic mass is 9.89. The van der Waals surface area contributed by atoms with Crippen molar-refractivity contribution < 1.29 is 59.4 Å². The summed E-state index contributed by atoms with van der Waals surface area (Å²) in [6.07, 6.45) is -12.9. The van der Waals surface area contributed by atoms with Crippen LogP contribution in [-0.4, -0.2) is 64.4 Å². The van der Waals surface area contributed by atoms with Crippen molar-refractivity contribution in [3.05, 3.63) is 40.0 Å². The predicted molar refractivity (Wildman–Crippen MR) is 133 cm³/mol. The molecule has 0 radical (unpaired) electrons. The summed E-state index contributed by atoms with van der Waals surface area (Å²) < 4.78 is 109. The van der Waals surface area contributed by atoms with E-state index in [-0.39, 0.29) is 46.2 Å². The van der Waals surface area contributed by atoms with E-state index in [0.717, 1.165) is 12.8 Å². The van der Waals surface area contributed by atoms with Crippen LogP contribution in [0.15, 0.2) is 18.2 Å². The molecule has 1 saturated heterocycles. The minimum absolute atomic E-state index is 0.0822. The average Bonchev–Trinajstić information content (AvgIpc) is 3.28. The fraction of sp³-hybridized carbons (Fsp3) is 0.538. The zero-order valence-electron chi connectivity index (χ0n) is 22.5. The second-order valence-electron chi connectivity index (χ2n) is 10.6.